The van der Waals surface area contributed by atoms with Crippen molar-refractivity contribution in [2.75, 3.05) is 0 Å². The van der Waals surface area contributed by atoms with E-state index in [1.54, 1.807) is 20.8 Å². The molecule has 3 aliphatic rings. The predicted molar refractivity (Wildman–Crippen MR) is 215 cm³/mol. The first-order valence-corrected chi connectivity index (χ1v) is 21.2. The van der Waals surface area contributed by atoms with Gasteiger partial charge in [-0.3, -0.25) is 9.59 Å². The third kappa shape index (κ3) is 11.5. The standard InChI is InChI=1S/C45H74O11/c1-12-34-17-15-13-14-16-27(4)42(51)44(11,53)43(52)32(9)40(50)31(8)39(49)30(7)38(48)26(3)18-21-37(47)54-41-29(6)35(20-19-34)55-45(33(41)10)23-22-25(2)36(56-45)24-28(5)46/h13-15,17-18,21,25-36,38,40-42,46,48,50-51,53H,12,16,19-20,22-24H2,1-11H3/t25-,26-,27+,28+,29+,30-,31-,32-,33-,34-,35-,36-,38+,40+,41+,42-,44+,45-/m1/s1. The lowest BCUT2D eigenvalue weighted by Crippen LogP contribution is -2.62. The predicted octanol–water partition coefficient (Wildman–Crippen LogP) is 5.88. The largest absolute Gasteiger partial charge is 0.458 e. The van der Waals surface area contributed by atoms with Gasteiger partial charge in [0.25, 0.3) is 0 Å². The van der Waals surface area contributed by atoms with E-state index in [2.05, 4.69) is 19.9 Å². The Balaban J connectivity index is 1.99. The summed E-state index contributed by atoms with van der Waals surface area (Å²) in [7, 11) is 0. The summed E-state index contributed by atoms with van der Waals surface area (Å²) in [4.78, 5) is 40.5. The van der Waals surface area contributed by atoms with Crippen LogP contribution < -0.4 is 0 Å². The van der Waals surface area contributed by atoms with E-state index in [9.17, 15) is 39.9 Å². The molecular weight excluding hydrogens is 716 g/mol. The summed E-state index contributed by atoms with van der Waals surface area (Å²) in [5, 5.41) is 55.0. The molecule has 0 saturated carbocycles. The van der Waals surface area contributed by atoms with Crippen LogP contribution in [0.2, 0.25) is 0 Å². The Morgan fingerprint density at radius 3 is 2.11 bits per heavy atom. The van der Waals surface area contributed by atoms with Crippen LogP contribution in [0.5, 0.6) is 0 Å². The summed E-state index contributed by atoms with van der Waals surface area (Å²) in [6, 6.07) is 0. The molecule has 0 aliphatic carbocycles. The number of aliphatic hydroxyl groups excluding tert-OH is 4. The van der Waals surface area contributed by atoms with Crippen molar-refractivity contribution in [1.82, 2.24) is 0 Å². The first-order valence-electron chi connectivity index (χ1n) is 21.2. The van der Waals surface area contributed by atoms with Crippen molar-refractivity contribution in [3.05, 3.63) is 36.5 Å². The SMILES string of the molecule is CC[C@@H]1C=CC=CC[C@H](C)[C@@H](O)[C@](C)(O)C(=O)[C@H](C)[C@@H](O)[C@H](C)C(=O)[C@H](C)[C@@H](O)[C@H](C)C=CC(=O)O[C@H]2[C@@H](C)[C@@H](CC1)O[C@@]1(CC[C@@H](C)[C@@H](C[C@H](C)O)O1)[C@@H]2C. The van der Waals surface area contributed by atoms with Gasteiger partial charge in [0, 0.05) is 48.0 Å². The number of ketones is 2. The van der Waals surface area contributed by atoms with Crippen LogP contribution in [0.1, 0.15) is 121 Å². The summed E-state index contributed by atoms with van der Waals surface area (Å²) in [5.41, 5.74) is -2.18. The Kier molecular flexibility index (Phi) is 17.7. The number of hydrogen-bond acceptors (Lipinski definition) is 11. The second-order valence-corrected chi connectivity index (χ2v) is 18.0. The molecule has 2 fully saturated rings. The zero-order valence-electron chi connectivity index (χ0n) is 35.8. The van der Waals surface area contributed by atoms with Gasteiger partial charge in [0.15, 0.2) is 11.6 Å². The molecule has 3 aliphatic heterocycles. The molecule has 3 heterocycles. The van der Waals surface area contributed by atoms with Gasteiger partial charge in [-0.2, -0.15) is 0 Å². The number of aliphatic hydroxyl groups is 5. The number of Topliss-reactive ketones (excluding diaryl/α,β-unsaturated/α-hetero) is 2. The summed E-state index contributed by atoms with van der Waals surface area (Å²) < 4.78 is 20.0. The molecule has 11 heteroatoms. The fraction of sp³-hybridized carbons (Fsp3) is 0.800. The zero-order chi connectivity index (χ0) is 42.3. The molecule has 11 nitrogen and oxygen atoms in total. The molecule has 56 heavy (non-hydrogen) atoms. The lowest BCUT2D eigenvalue weighted by atomic mass is 9.74. The smallest absolute Gasteiger partial charge is 0.330 e. The molecule has 0 radical (unpaired) electrons. The maximum atomic E-state index is 13.5. The average molecular weight is 791 g/mol. The van der Waals surface area contributed by atoms with Gasteiger partial charge >= 0.3 is 5.97 Å². The maximum Gasteiger partial charge on any atom is 0.330 e. The molecule has 5 N–H and O–H groups in total. The molecule has 2 bridgehead atoms. The van der Waals surface area contributed by atoms with Gasteiger partial charge in [0.2, 0.25) is 0 Å². The minimum Gasteiger partial charge on any atom is -0.458 e. The van der Waals surface area contributed by atoms with E-state index in [1.165, 1.54) is 39.8 Å². The number of esters is 1. The molecular formula is C45H74O11. The van der Waals surface area contributed by atoms with Crippen LogP contribution >= 0.6 is 0 Å². The van der Waals surface area contributed by atoms with Gasteiger partial charge in [0.1, 0.15) is 17.5 Å². The normalized spacial score (nSPS) is 45.1. The zero-order valence-corrected chi connectivity index (χ0v) is 35.8. The number of allylic oxidation sites excluding steroid dienone is 4. The van der Waals surface area contributed by atoms with Crippen LogP contribution in [-0.4, -0.2) is 97.2 Å². The highest BCUT2D eigenvalue weighted by Crippen LogP contribution is 2.49. The molecule has 1 spiro atoms. The van der Waals surface area contributed by atoms with Gasteiger partial charge in [-0.1, -0.05) is 92.7 Å². The van der Waals surface area contributed by atoms with Crippen molar-refractivity contribution >= 4 is 17.5 Å². The highest BCUT2D eigenvalue weighted by Gasteiger charge is 2.56. The number of rotatable bonds is 3. The molecule has 0 unspecified atom stereocenters. The number of ether oxygens (including phenoxy) is 3. The Morgan fingerprint density at radius 1 is 0.839 bits per heavy atom. The van der Waals surface area contributed by atoms with E-state index in [1.807, 2.05) is 32.1 Å². The number of hydrogen-bond donors (Lipinski definition) is 5. The lowest BCUT2D eigenvalue weighted by molar-refractivity contribution is -0.371. The Hall–Kier alpha value is -2.25. The van der Waals surface area contributed by atoms with E-state index in [4.69, 9.17) is 14.2 Å². The monoisotopic (exact) mass is 791 g/mol. The summed E-state index contributed by atoms with van der Waals surface area (Å²) in [6.45, 7) is 19.1. The third-order valence-corrected chi connectivity index (χ3v) is 13.4. The van der Waals surface area contributed by atoms with Crippen LogP contribution in [0.3, 0.4) is 0 Å². The molecule has 0 aromatic heterocycles. The highest BCUT2D eigenvalue weighted by molar-refractivity contribution is 5.91. The quantitative estimate of drug-likeness (QED) is 0.216. The summed E-state index contributed by atoms with van der Waals surface area (Å²) >= 11 is 0. The Morgan fingerprint density at radius 2 is 1.48 bits per heavy atom. The molecule has 0 aromatic rings. The van der Waals surface area contributed by atoms with E-state index in [-0.39, 0.29) is 35.9 Å². The number of carbonyl (C=O) groups excluding carboxylic acids is 3. The molecule has 0 aromatic carbocycles. The summed E-state index contributed by atoms with van der Waals surface area (Å²) in [6.07, 6.45) is 9.62. The van der Waals surface area contributed by atoms with Gasteiger partial charge in [-0.25, -0.2) is 4.79 Å². The topological polar surface area (TPSA) is 180 Å². The van der Waals surface area contributed by atoms with Gasteiger partial charge in [-0.05, 0) is 70.1 Å². The summed E-state index contributed by atoms with van der Waals surface area (Å²) in [5.74, 6) is -7.28. The van der Waals surface area contributed by atoms with E-state index >= 15 is 0 Å². The Labute approximate surface area is 336 Å². The first-order chi connectivity index (χ1) is 26.1. The van der Waals surface area contributed by atoms with Crippen LogP contribution in [0.25, 0.3) is 0 Å². The van der Waals surface area contributed by atoms with Gasteiger partial charge in [-0.15, -0.1) is 0 Å². The number of fused-ring (bicyclic) bond motifs is 2. The fourth-order valence-electron chi connectivity index (χ4n) is 9.01. The minimum atomic E-state index is -2.18. The third-order valence-electron chi connectivity index (χ3n) is 13.4. The van der Waals surface area contributed by atoms with Crippen molar-refractivity contribution in [3.63, 3.8) is 0 Å². The molecule has 2 saturated heterocycles. The van der Waals surface area contributed by atoms with Crippen LogP contribution in [-0.2, 0) is 28.6 Å². The average Bonchev–Trinajstić information content (AvgIpc) is 3.16. The fourth-order valence-corrected chi connectivity index (χ4v) is 9.01. The Bertz CT molecular complexity index is 1390. The lowest BCUT2D eigenvalue weighted by Gasteiger charge is -2.55. The van der Waals surface area contributed by atoms with Crippen molar-refractivity contribution < 1.29 is 54.1 Å². The second-order valence-electron chi connectivity index (χ2n) is 18.0. The minimum absolute atomic E-state index is 0.168. The molecule has 0 amide bonds. The van der Waals surface area contributed by atoms with E-state index < -0.39 is 89.0 Å². The second kappa shape index (κ2) is 20.6. The molecule has 18 atom stereocenters. The van der Waals surface area contributed by atoms with Gasteiger partial charge < -0.3 is 39.7 Å². The van der Waals surface area contributed by atoms with Crippen LogP contribution in [0.4, 0.5) is 0 Å². The molecule has 3 rings (SSSR count). The first kappa shape index (κ1) is 48.1. The van der Waals surface area contributed by atoms with Crippen molar-refractivity contribution in [3.8, 4) is 0 Å². The van der Waals surface area contributed by atoms with Gasteiger partial charge in [0.05, 0.1) is 36.6 Å². The van der Waals surface area contributed by atoms with Crippen molar-refractivity contribution in [2.45, 2.75) is 175 Å². The maximum absolute atomic E-state index is 13.5. The highest BCUT2D eigenvalue weighted by atomic mass is 16.7. The number of carbonyl (C=O) groups is 3. The van der Waals surface area contributed by atoms with Crippen LogP contribution in [0, 0.1) is 53.3 Å². The van der Waals surface area contributed by atoms with Crippen molar-refractivity contribution in [2.24, 2.45) is 53.3 Å². The van der Waals surface area contributed by atoms with E-state index in [0.29, 0.717) is 25.7 Å². The molecule has 320 valence electrons. The van der Waals surface area contributed by atoms with Crippen molar-refractivity contribution in [1.29, 1.82) is 0 Å². The van der Waals surface area contributed by atoms with Crippen LogP contribution in [0.15, 0.2) is 36.5 Å². The van der Waals surface area contributed by atoms with E-state index in [0.717, 1.165) is 19.3 Å².